The van der Waals surface area contributed by atoms with Crippen LogP contribution in [0.4, 0.5) is 0 Å². The number of imidazole rings is 1. The van der Waals surface area contributed by atoms with Crippen molar-refractivity contribution in [2.24, 2.45) is 7.05 Å². The van der Waals surface area contributed by atoms with Crippen molar-refractivity contribution in [3.05, 3.63) is 36.4 Å². The molecule has 0 saturated carbocycles. The summed E-state index contributed by atoms with van der Waals surface area (Å²) < 4.78 is 3.11. The number of carbonyl (C=O) groups is 1. The molecular weight excluding hydrogens is 168 g/mol. The van der Waals surface area contributed by atoms with Gasteiger partial charge in [0.2, 0.25) is 0 Å². The van der Waals surface area contributed by atoms with E-state index in [-0.39, 0.29) is 5.82 Å². The van der Waals surface area contributed by atoms with Gasteiger partial charge in [0.25, 0.3) is 0 Å². The molecule has 4 heteroatoms. The topological polar surface area (TPSA) is 49.2 Å². The smallest absolute Gasteiger partial charge is 0.309 e. The van der Waals surface area contributed by atoms with Crippen molar-refractivity contribution < 1.29 is 14.3 Å². The number of nitrogens with zero attached hydrogens (tertiary/aromatic N) is 2. The number of hydrogen-bond donors (Lipinski definition) is 0. The molecule has 0 amide bonds. The van der Waals surface area contributed by atoms with Crippen LogP contribution in [0.5, 0.6) is 0 Å². The number of rotatable bonds is 1. The third kappa shape index (κ3) is 1.07. The van der Waals surface area contributed by atoms with Gasteiger partial charge in [0.05, 0.1) is 13.2 Å². The van der Waals surface area contributed by atoms with Crippen LogP contribution in [0.15, 0.2) is 30.6 Å². The molecule has 0 aliphatic heterocycles. The molecule has 0 saturated heterocycles. The molecule has 2 aromatic heterocycles. The maximum Gasteiger partial charge on any atom is 0.309 e. The molecule has 0 spiro atoms. The zero-order valence-electron chi connectivity index (χ0n) is 7.10. The number of carboxylic acids is 1. The lowest BCUT2D eigenvalue weighted by atomic mass is 10.4. The molecule has 0 aliphatic rings. The van der Waals surface area contributed by atoms with Crippen LogP contribution in [0.25, 0.3) is 5.52 Å². The Hall–Kier alpha value is -1.84. The van der Waals surface area contributed by atoms with Gasteiger partial charge in [0, 0.05) is 0 Å². The third-order valence-electron chi connectivity index (χ3n) is 1.96. The van der Waals surface area contributed by atoms with Crippen LogP contribution in [0.1, 0.15) is 10.6 Å². The fraction of sp³-hybridized carbons (Fsp3) is 0.111. The quantitative estimate of drug-likeness (QED) is 0.530. The second-order valence-corrected chi connectivity index (χ2v) is 2.85. The summed E-state index contributed by atoms with van der Waals surface area (Å²) in [5.74, 6) is -1.02. The molecule has 13 heavy (non-hydrogen) atoms. The summed E-state index contributed by atoms with van der Waals surface area (Å²) in [7, 11) is 1.68. The molecular formula is C9H8N2O2. The molecule has 0 atom stereocenters. The van der Waals surface area contributed by atoms with Crippen LogP contribution in [0, 0.1) is 0 Å². The van der Waals surface area contributed by atoms with E-state index in [1.54, 1.807) is 29.9 Å². The van der Waals surface area contributed by atoms with Gasteiger partial charge in [-0.05, 0) is 12.1 Å². The number of hydrogen-bond acceptors (Lipinski definition) is 2. The highest BCUT2D eigenvalue weighted by Crippen LogP contribution is 1.99. The number of aryl methyl sites for hydroxylation is 1. The Morgan fingerprint density at radius 1 is 1.54 bits per heavy atom. The number of aromatic nitrogens is 2. The van der Waals surface area contributed by atoms with E-state index in [1.807, 2.05) is 12.1 Å². The van der Waals surface area contributed by atoms with Crippen molar-refractivity contribution >= 4 is 11.5 Å². The fourth-order valence-corrected chi connectivity index (χ4v) is 1.43. The molecule has 0 N–H and O–H groups in total. The number of fused-ring (bicyclic) bond motifs is 1. The minimum absolute atomic E-state index is 0.149. The van der Waals surface area contributed by atoms with Gasteiger partial charge >= 0.3 is 5.82 Å². The predicted molar refractivity (Wildman–Crippen MR) is 42.9 cm³/mol. The van der Waals surface area contributed by atoms with Gasteiger partial charge in [0.15, 0.2) is 11.5 Å². The summed E-state index contributed by atoms with van der Waals surface area (Å²) in [4.78, 5) is 10.7. The van der Waals surface area contributed by atoms with E-state index >= 15 is 0 Å². The highest BCUT2D eigenvalue weighted by Gasteiger charge is 2.14. The standard InChI is InChI=1S/C9H8N2O2/c1-10-6-7-4-2-3-5-11(7)8(10)9(12)13/h2-6H,1H3. The van der Waals surface area contributed by atoms with E-state index < -0.39 is 5.97 Å². The Balaban J connectivity index is 2.86. The minimum atomic E-state index is -1.17. The lowest BCUT2D eigenvalue weighted by molar-refractivity contribution is -0.520. The van der Waals surface area contributed by atoms with E-state index in [1.165, 1.54) is 4.57 Å². The minimum Gasteiger partial charge on any atom is -0.538 e. The second-order valence-electron chi connectivity index (χ2n) is 2.85. The summed E-state index contributed by atoms with van der Waals surface area (Å²) in [6.45, 7) is 0. The average Bonchev–Trinajstić information content (AvgIpc) is 2.39. The van der Waals surface area contributed by atoms with Crippen molar-refractivity contribution in [3.63, 3.8) is 0 Å². The lowest BCUT2D eigenvalue weighted by Gasteiger charge is -1.95. The SMILES string of the molecule is Cn1cc2cccc[n+]2c1C(=O)[O-]. The van der Waals surface area contributed by atoms with Gasteiger partial charge < -0.3 is 9.90 Å². The first-order chi connectivity index (χ1) is 6.20. The summed E-state index contributed by atoms with van der Waals surface area (Å²) >= 11 is 0. The molecule has 0 radical (unpaired) electrons. The normalized spacial score (nSPS) is 10.5. The first-order valence-electron chi connectivity index (χ1n) is 3.87. The van der Waals surface area contributed by atoms with Gasteiger partial charge in [-0.3, -0.25) is 0 Å². The van der Waals surface area contributed by atoms with E-state index in [4.69, 9.17) is 0 Å². The Kier molecular flexibility index (Phi) is 1.55. The molecule has 2 rings (SSSR count). The zero-order valence-corrected chi connectivity index (χ0v) is 7.10. The molecule has 0 aromatic carbocycles. The molecule has 0 fully saturated rings. The maximum absolute atomic E-state index is 10.7. The van der Waals surface area contributed by atoms with Gasteiger partial charge in [-0.2, -0.15) is 4.40 Å². The second kappa shape index (κ2) is 2.58. The summed E-state index contributed by atoms with van der Waals surface area (Å²) in [5.41, 5.74) is 0.837. The van der Waals surface area contributed by atoms with Gasteiger partial charge in [0.1, 0.15) is 6.20 Å². The van der Waals surface area contributed by atoms with Gasteiger partial charge in [-0.15, -0.1) is 0 Å². The summed E-state index contributed by atoms with van der Waals surface area (Å²) in [5, 5.41) is 10.7. The first kappa shape index (κ1) is 7.79. The number of carboxylic acid groups (broad SMARTS) is 1. The van der Waals surface area contributed by atoms with E-state index in [2.05, 4.69) is 0 Å². The molecule has 66 valence electrons. The molecule has 0 bridgehead atoms. The first-order valence-corrected chi connectivity index (χ1v) is 3.87. The predicted octanol–water partition coefficient (Wildman–Crippen LogP) is -0.873. The molecule has 2 aromatic rings. The van der Waals surface area contributed by atoms with E-state index in [9.17, 15) is 9.90 Å². The maximum atomic E-state index is 10.7. The van der Waals surface area contributed by atoms with Crippen LogP contribution >= 0.6 is 0 Å². The average molecular weight is 176 g/mol. The van der Waals surface area contributed by atoms with E-state index in [0.717, 1.165) is 5.52 Å². The molecule has 2 heterocycles. The van der Waals surface area contributed by atoms with Crippen LogP contribution in [0.3, 0.4) is 0 Å². The molecule has 0 unspecified atom stereocenters. The van der Waals surface area contributed by atoms with Gasteiger partial charge in [-0.1, -0.05) is 6.07 Å². The highest BCUT2D eigenvalue weighted by molar-refractivity contribution is 5.80. The van der Waals surface area contributed by atoms with Crippen molar-refractivity contribution in [2.45, 2.75) is 0 Å². The number of carbonyl (C=O) groups excluding carboxylic acids is 1. The zero-order chi connectivity index (χ0) is 9.42. The molecule has 0 aliphatic carbocycles. The van der Waals surface area contributed by atoms with Gasteiger partial charge in [-0.25, -0.2) is 4.57 Å². The third-order valence-corrected chi connectivity index (χ3v) is 1.96. The van der Waals surface area contributed by atoms with Crippen LogP contribution in [-0.2, 0) is 7.05 Å². The largest absolute Gasteiger partial charge is 0.538 e. The molecule has 4 nitrogen and oxygen atoms in total. The Morgan fingerprint density at radius 2 is 2.31 bits per heavy atom. The number of aromatic carboxylic acids is 1. The van der Waals surface area contributed by atoms with Crippen LogP contribution in [-0.4, -0.2) is 10.5 Å². The fourth-order valence-electron chi connectivity index (χ4n) is 1.43. The lowest BCUT2D eigenvalue weighted by Crippen LogP contribution is -2.37. The van der Waals surface area contributed by atoms with Crippen LogP contribution < -0.4 is 9.51 Å². The van der Waals surface area contributed by atoms with Crippen LogP contribution in [0.2, 0.25) is 0 Å². The van der Waals surface area contributed by atoms with Crippen molar-refractivity contribution in [3.8, 4) is 0 Å². The summed E-state index contributed by atoms with van der Waals surface area (Å²) in [6, 6.07) is 5.47. The van der Waals surface area contributed by atoms with Crippen molar-refractivity contribution in [2.75, 3.05) is 0 Å². The van der Waals surface area contributed by atoms with E-state index in [0.29, 0.717) is 0 Å². The van der Waals surface area contributed by atoms with Crippen molar-refractivity contribution in [1.82, 2.24) is 4.57 Å². The Bertz CT molecular complexity index is 473. The summed E-state index contributed by atoms with van der Waals surface area (Å²) in [6.07, 6.45) is 3.44. The Morgan fingerprint density at radius 3 is 3.00 bits per heavy atom. The number of pyridine rings is 1. The van der Waals surface area contributed by atoms with Crippen molar-refractivity contribution in [1.29, 1.82) is 0 Å². The monoisotopic (exact) mass is 176 g/mol. The Labute approximate surface area is 74.7 Å². The highest BCUT2D eigenvalue weighted by atomic mass is 16.4.